The van der Waals surface area contributed by atoms with Crippen molar-refractivity contribution in [2.75, 3.05) is 0 Å². The minimum absolute atomic E-state index is 0.0630. The molecule has 0 N–H and O–H groups in total. The summed E-state index contributed by atoms with van der Waals surface area (Å²) in [6.07, 6.45) is 0.150. The summed E-state index contributed by atoms with van der Waals surface area (Å²) in [5, 5.41) is 10.5. The molecule has 1 aromatic carbocycles. The molecular formula is C13H13NO4. The number of esters is 1. The van der Waals surface area contributed by atoms with Gasteiger partial charge in [-0.2, -0.15) is 0 Å². The minimum atomic E-state index is -0.528. The molecule has 5 nitrogen and oxygen atoms in total. The summed E-state index contributed by atoms with van der Waals surface area (Å²) in [5.41, 5.74) is 0.212. The van der Waals surface area contributed by atoms with Gasteiger partial charge in [0.15, 0.2) is 6.10 Å². The number of hydrogen-bond donors (Lipinski definition) is 0. The fourth-order valence-corrected chi connectivity index (χ4v) is 1.29. The summed E-state index contributed by atoms with van der Waals surface area (Å²) in [5.74, 6) is 4.92. The van der Waals surface area contributed by atoms with E-state index in [2.05, 4.69) is 11.8 Å². The highest BCUT2D eigenvalue weighted by atomic mass is 16.6. The second-order valence-corrected chi connectivity index (χ2v) is 3.50. The van der Waals surface area contributed by atoms with E-state index in [0.717, 1.165) is 0 Å². The van der Waals surface area contributed by atoms with E-state index >= 15 is 0 Å². The van der Waals surface area contributed by atoms with E-state index in [4.69, 9.17) is 4.74 Å². The Balaban J connectivity index is 2.77. The van der Waals surface area contributed by atoms with E-state index in [1.165, 1.54) is 24.3 Å². The van der Waals surface area contributed by atoms with Crippen LogP contribution in [-0.2, 0) is 4.74 Å². The second-order valence-electron chi connectivity index (χ2n) is 3.50. The maximum Gasteiger partial charge on any atom is 0.339 e. The third kappa shape index (κ3) is 3.59. The highest BCUT2D eigenvalue weighted by Gasteiger charge is 2.13. The van der Waals surface area contributed by atoms with Gasteiger partial charge >= 0.3 is 5.97 Å². The zero-order valence-electron chi connectivity index (χ0n) is 10.2. The summed E-state index contributed by atoms with van der Waals surface area (Å²) in [6, 6.07) is 5.27. The summed E-state index contributed by atoms with van der Waals surface area (Å²) < 4.78 is 5.14. The van der Waals surface area contributed by atoms with Crippen LogP contribution in [0.25, 0.3) is 0 Å². The number of ether oxygens (including phenoxy) is 1. The lowest BCUT2D eigenvalue weighted by atomic mass is 10.2. The molecule has 0 aliphatic rings. The van der Waals surface area contributed by atoms with Crippen LogP contribution in [0.15, 0.2) is 24.3 Å². The Morgan fingerprint density at radius 2 is 2.06 bits per heavy atom. The van der Waals surface area contributed by atoms with E-state index in [0.29, 0.717) is 6.42 Å². The normalized spacial score (nSPS) is 11.0. The standard InChI is InChI=1S/C13H13NO4/c1-3-5-12(4-2)18-13(15)10-6-8-11(9-7-10)14(16)17/h6-9,12H,4H2,1-2H3. The molecule has 1 atom stereocenters. The van der Waals surface area contributed by atoms with Crippen LogP contribution in [0.3, 0.4) is 0 Å². The van der Waals surface area contributed by atoms with Gasteiger partial charge in [-0.15, -0.1) is 5.92 Å². The first kappa shape index (κ1) is 13.7. The van der Waals surface area contributed by atoms with Gasteiger partial charge in [-0.05, 0) is 25.5 Å². The van der Waals surface area contributed by atoms with Gasteiger partial charge in [-0.25, -0.2) is 4.79 Å². The molecule has 0 heterocycles. The van der Waals surface area contributed by atoms with Crippen molar-refractivity contribution in [3.05, 3.63) is 39.9 Å². The molecular weight excluding hydrogens is 234 g/mol. The zero-order valence-corrected chi connectivity index (χ0v) is 10.2. The average molecular weight is 247 g/mol. The SMILES string of the molecule is CC#CC(CC)OC(=O)c1ccc([N+](=O)[O-])cc1. The van der Waals surface area contributed by atoms with Crippen molar-refractivity contribution in [1.82, 2.24) is 0 Å². The molecule has 0 bridgehead atoms. The Morgan fingerprint density at radius 1 is 1.44 bits per heavy atom. The predicted octanol–water partition coefficient (Wildman–Crippen LogP) is 2.55. The van der Waals surface area contributed by atoms with Crippen molar-refractivity contribution in [2.24, 2.45) is 0 Å². The van der Waals surface area contributed by atoms with E-state index in [-0.39, 0.29) is 11.3 Å². The molecule has 0 aromatic heterocycles. The van der Waals surface area contributed by atoms with Gasteiger partial charge in [0.05, 0.1) is 10.5 Å². The maximum absolute atomic E-state index is 11.7. The molecule has 18 heavy (non-hydrogen) atoms. The van der Waals surface area contributed by atoms with E-state index in [9.17, 15) is 14.9 Å². The summed E-state index contributed by atoms with van der Waals surface area (Å²) in [7, 11) is 0. The van der Waals surface area contributed by atoms with Crippen molar-refractivity contribution >= 4 is 11.7 Å². The minimum Gasteiger partial charge on any atom is -0.446 e. The molecule has 1 aromatic rings. The van der Waals surface area contributed by atoms with Crippen molar-refractivity contribution in [3.63, 3.8) is 0 Å². The molecule has 94 valence electrons. The lowest BCUT2D eigenvalue weighted by Crippen LogP contribution is -2.15. The first-order valence-corrected chi connectivity index (χ1v) is 5.46. The van der Waals surface area contributed by atoms with Crippen LogP contribution in [0.4, 0.5) is 5.69 Å². The lowest BCUT2D eigenvalue weighted by Gasteiger charge is -2.09. The smallest absolute Gasteiger partial charge is 0.339 e. The number of carbonyl (C=O) groups excluding carboxylic acids is 1. The van der Waals surface area contributed by atoms with Crippen LogP contribution in [0.2, 0.25) is 0 Å². The predicted molar refractivity (Wildman–Crippen MR) is 66.0 cm³/mol. The van der Waals surface area contributed by atoms with E-state index < -0.39 is 17.0 Å². The fourth-order valence-electron chi connectivity index (χ4n) is 1.29. The highest BCUT2D eigenvalue weighted by molar-refractivity contribution is 5.89. The molecule has 0 amide bonds. The van der Waals surface area contributed by atoms with Crippen LogP contribution >= 0.6 is 0 Å². The largest absolute Gasteiger partial charge is 0.446 e. The molecule has 0 aliphatic carbocycles. The van der Waals surface area contributed by atoms with Gasteiger partial charge in [0.2, 0.25) is 0 Å². The summed E-state index contributed by atoms with van der Waals surface area (Å²) in [6.45, 7) is 3.53. The Bertz CT molecular complexity index is 496. The summed E-state index contributed by atoms with van der Waals surface area (Å²) in [4.78, 5) is 21.7. The Labute approximate surface area is 105 Å². The number of hydrogen-bond acceptors (Lipinski definition) is 4. The number of nitro benzene ring substituents is 1. The van der Waals surface area contributed by atoms with Crippen LogP contribution < -0.4 is 0 Å². The van der Waals surface area contributed by atoms with Gasteiger partial charge < -0.3 is 4.74 Å². The monoisotopic (exact) mass is 247 g/mol. The number of rotatable bonds is 4. The van der Waals surface area contributed by atoms with E-state index in [1.807, 2.05) is 6.92 Å². The van der Waals surface area contributed by atoms with Gasteiger partial charge in [0, 0.05) is 12.1 Å². The van der Waals surface area contributed by atoms with Crippen LogP contribution in [0.1, 0.15) is 30.6 Å². The van der Waals surface area contributed by atoms with E-state index in [1.54, 1.807) is 6.92 Å². The third-order valence-electron chi connectivity index (χ3n) is 2.24. The Morgan fingerprint density at radius 3 is 2.50 bits per heavy atom. The molecule has 5 heteroatoms. The molecule has 1 unspecified atom stereocenters. The first-order valence-electron chi connectivity index (χ1n) is 5.46. The quantitative estimate of drug-likeness (QED) is 0.355. The molecule has 0 aliphatic heterocycles. The van der Waals surface area contributed by atoms with Crippen LogP contribution in [0.5, 0.6) is 0 Å². The number of non-ortho nitro benzene ring substituents is 1. The number of nitrogens with zero attached hydrogens (tertiary/aromatic N) is 1. The highest BCUT2D eigenvalue weighted by Crippen LogP contribution is 2.13. The second kappa shape index (κ2) is 6.40. The van der Waals surface area contributed by atoms with Gasteiger partial charge in [0.1, 0.15) is 0 Å². The number of nitro groups is 1. The molecule has 0 fully saturated rings. The molecule has 0 saturated carbocycles. The van der Waals surface area contributed by atoms with Gasteiger partial charge in [0.25, 0.3) is 5.69 Å². The molecule has 0 radical (unpaired) electrons. The Kier molecular flexibility index (Phi) is 4.88. The number of carbonyl (C=O) groups is 1. The van der Waals surface area contributed by atoms with Gasteiger partial charge in [-0.3, -0.25) is 10.1 Å². The molecule has 0 saturated heterocycles. The zero-order chi connectivity index (χ0) is 13.5. The van der Waals surface area contributed by atoms with Crippen LogP contribution in [0, 0.1) is 22.0 Å². The van der Waals surface area contributed by atoms with Crippen LogP contribution in [-0.4, -0.2) is 17.0 Å². The number of benzene rings is 1. The maximum atomic E-state index is 11.7. The van der Waals surface area contributed by atoms with Crippen molar-refractivity contribution in [3.8, 4) is 11.8 Å². The topological polar surface area (TPSA) is 69.4 Å². The van der Waals surface area contributed by atoms with Crippen molar-refractivity contribution in [1.29, 1.82) is 0 Å². The lowest BCUT2D eigenvalue weighted by molar-refractivity contribution is -0.384. The average Bonchev–Trinajstić information content (AvgIpc) is 2.38. The molecule has 1 rings (SSSR count). The van der Waals surface area contributed by atoms with Crippen molar-refractivity contribution in [2.45, 2.75) is 26.4 Å². The Hall–Kier alpha value is -2.35. The third-order valence-corrected chi connectivity index (χ3v) is 2.24. The molecule has 0 spiro atoms. The van der Waals surface area contributed by atoms with Gasteiger partial charge in [-0.1, -0.05) is 12.8 Å². The first-order chi connectivity index (χ1) is 8.58. The van der Waals surface area contributed by atoms with Crippen molar-refractivity contribution < 1.29 is 14.5 Å². The fraction of sp³-hybridized carbons (Fsp3) is 0.308. The summed E-state index contributed by atoms with van der Waals surface area (Å²) >= 11 is 0.